The van der Waals surface area contributed by atoms with Crippen molar-refractivity contribution in [1.29, 1.82) is 0 Å². The zero-order chi connectivity index (χ0) is 21.3. The van der Waals surface area contributed by atoms with Gasteiger partial charge < -0.3 is 14.6 Å². The second kappa shape index (κ2) is 10.9. The molecular formula is C21H34O6. The molecule has 0 bridgehead atoms. The third kappa shape index (κ3) is 12.8. The average Bonchev–Trinajstić information content (AvgIpc) is 2.47. The van der Waals surface area contributed by atoms with Gasteiger partial charge in [0, 0.05) is 6.08 Å². The van der Waals surface area contributed by atoms with Crippen LogP contribution in [0.15, 0.2) is 24.8 Å². The van der Waals surface area contributed by atoms with Crippen molar-refractivity contribution in [2.75, 3.05) is 13.2 Å². The summed E-state index contributed by atoms with van der Waals surface area (Å²) in [5.74, 6) is -3.19. The van der Waals surface area contributed by atoms with Crippen molar-refractivity contribution >= 4 is 17.9 Å². The molecule has 0 spiro atoms. The van der Waals surface area contributed by atoms with Crippen molar-refractivity contribution in [3.63, 3.8) is 0 Å². The molecule has 0 aromatic rings. The Kier molecular flexibility index (Phi) is 10.0. The monoisotopic (exact) mass is 382 g/mol. The normalized spacial score (nSPS) is 12.8. The van der Waals surface area contributed by atoms with Crippen molar-refractivity contribution in [3.05, 3.63) is 24.8 Å². The van der Waals surface area contributed by atoms with Crippen LogP contribution in [0, 0.1) is 16.7 Å². The van der Waals surface area contributed by atoms with Crippen molar-refractivity contribution in [2.24, 2.45) is 16.7 Å². The number of carbonyl (C=O) groups excluding carboxylic acids is 2. The predicted molar refractivity (Wildman–Crippen MR) is 104 cm³/mol. The van der Waals surface area contributed by atoms with Crippen LogP contribution in [0.25, 0.3) is 0 Å². The van der Waals surface area contributed by atoms with Gasteiger partial charge >= 0.3 is 17.9 Å². The van der Waals surface area contributed by atoms with Gasteiger partial charge in [0.25, 0.3) is 0 Å². The summed E-state index contributed by atoms with van der Waals surface area (Å²) in [6, 6.07) is 0. The summed E-state index contributed by atoms with van der Waals surface area (Å²) in [6.45, 7) is 17.8. The first kappa shape index (κ1) is 24.9. The highest BCUT2D eigenvalue weighted by molar-refractivity contribution is 5.81. The Hall–Kier alpha value is -2.11. The first-order valence-corrected chi connectivity index (χ1v) is 9.10. The molecule has 0 saturated carbocycles. The summed E-state index contributed by atoms with van der Waals surface area (Å²) in [6.07, 6.45) is 2.66. The number of hydrogen-bond donors (Lipinski definition) is 1. The molecule has 0 saturated heterocycles. The van der Waals surface area contributed by atoms with Gasteiger partial charge in [-0.05, 0) is 30.1 Å². The highest BCUT2D eigenvalue weighted by Gasteiger charge is 2.29. The van der Waals surface area contributed by atoms with Gasteiger partial charge in [0.05, 0.1) is 12.3 Å². The molecule has 6 nitrogen and oxygen atoms in total. The van der Waals surface area contributed by atoms with E-state index in [4.69, 9.17) is 4.74 Å². The van der Waals surface area contributed by atoms with E-state index in [0.29, 0.717) is 6.42 Å². The van der Waals surface area contributed by atoms with Crippen LogP contribution in [0.5, 0.6) is 0 Å². The maximum atomic E-state index is 11.9. The van der Waals surface area contributed by atoms with E-state index in [1.165, 1.54) is 0 Å². The average molecular weight is 382 g/mol. The lowest BCUT2D eigenvalue weighted by atomic mass is 9.72. The lowest BCUT2D eigenvalue weighted by molar-refractivity contribution is -0.154. The van der Waals surface area contributed by atoms with Gasteiger partial charge in [0.1, 0.15) is 13.2 Å². The van der Waals surface area contributed by atoms with E-state index in [-0.39, 0.29) is 36.9 Å². The van der Waals surface area contributed by atoms with E-state index in [0.717, 1.165) is 18.1 Å². The van der Waals surface area contributed by atoms with Gasteiger partial charge in [-0.15, -0.1) is 0 Å². The number of carbonyl (C=O) groups is 3. The number of hydrogen-bond acceptors (Lipinski definition) is 5. The molecule has 0 aliphatic carbocycles. The van der Waals surface area contributed by atoms with Crippen LogP contribution in [0.1, 0.15) is 60.3 Å². The summed E-state index contributed by atoms with van der Waals surface area (Å²) >= 11 is 0. The first-order valence-electron chi connectivity index (χ1n) is 9.10. The molecule has 0 aromatic carbocycles. The number of rotatable bonds is 12. The van der Waals surface area contributed by atoms with Gasteiger partial charge in [-0.25, -0.2) is 4.79 Å². The third-order valence-electron chi connectivity index (χ3n) is 3.79. The molecule has 0 aliphatic rings. The lowest BCUT2D eigenvalue weighted by Gasteiger charge is -2.33. The molecule has 1 unspecified atom stereocenters. The number of carboxylic acid groups (broad SMARTS) is 1. The minimum Gasteiger partial charge on any atom is -0.481 e. The summed E-state index contributed by atoms with van der Waals surface area (Å²) < 4.78 is 9.61. The van der Waals surface area contributed by atoms with Crippen LogP contribution >= 0.6 is 0 Å². The Morgan fingerprint density at radius 3 is 2.07 bits per heavy atom. The zero-order valence-electron chi connectivity index (χ0n) is 17.3. The number of carboxylic acids is 1. The molecule has 0 rings (SSSR count). The Labute approximate surface area is 162 Å². The number of aliphatic carboxylic acids is 1. The second-order valence-electron chi connectivity index (χ2n) is 8.86. The molecule has 0 amide bonds. The fourth-order valence-electron chi connectivity index (χ4n) is 3.46. The van der Waals surface area contributed by atoms with E-state index in [9.17, 15) is 19.5 Å². The molecule has 6 heteroatoms. The Morgan fingerprint density at radius 2 is 1.59 bits per heavy atom. The van der Waals surface area contributed by atoms with E-state index in [1.807, 2.05) is 0 Å². The predicted octanol–water partition coefficient (Wildman–Crippen LogP) is 4.15. The largest absolute Gasteiger partial charge is 0.481 e. The number of allylic oxidation sites excluding steroid dienone is 1. The third-order valence-corrected chi connectivity index (χ3v) is 3.79. The number of esters is 2. The van der Waals surface area contributed by atoms with Crippen LogP contribution in [0.4, 0.5) is 0 Å². The molecule has 0 aromatic heterocycles. The molecule has 0 fully saturated rings. The van der Waals surface area contributed by atoms with Crippen LogP contribution in [0.2, 0.25) is 0 Å². The number of ether oxygens (including phenoxy) is 2. The Morgan fingerprint density at radius 1 is 1.04 bits per heavy atom. The molecule has 0 heterocycles. The van der Waals surface area contributed by atoms with Crippen molar-refractivity contribution < 1.29 is 29.0 Å². The van der Waals surface area contributed by atoms with E-state index in [2.05, 4.69) is 52.5 Å². The molecular weight excluding hydrogens is 348 g/mol. The molecule has 0 radical (unpaired) electrons. The van der Waals surface area contributed by atoms with Gasteiger partial charge in [-0.1, -0.05) is 53.3 Å². The van der Waals surface area contributed by atoms with Crippen molar-refractivity contribution in [1.82, 2.24) is 0 Å². The summed E-state index contributed by atoms with van der Waals surface area (Å²) in [5.41, 5.74) is 0.965. The summed E-state index contributed by atoms with van der Waals surface area (Å²) in [7, 11) is 0. The highest BCUT2D eigenvalue weighted by atomic mass is 16.6. The SMILES string of the molecule is C=CC(=O)OCCOC(=O)CC(CC(=C)CC(C)(C)CC(C)(C)C)C(=O)O. The van der Waals surface area contributed by atoms with Gasteiger partial charge in [-0.2, -0.15) is 0 Å². The molecule has 1 atom stereocenters. The van der Waals surface area contributed by atoms with Gasteiger partial charge in [-0.3, -0.25) is 9.59 Å². The standard InChI is InChI=1S/C21H34O6/c1-8-17(22)26-9-10-27-18(23)12-16(19(24)25)11-15(2)13-21(6,7)14-20(3,4)5/h8,16H,1-2,9-14H2,3-7H3,(H,24,25). The molecule has 1 N–H and O–H groups in total. The van der Waals surface area contributed by atoms with Crippen LogP contribution in [0.3, 0.4) is 0 Å². The quantitative estimate of drug-likeness (QED) is 0.236. The molecule has 27 heavy (non-hydrogen) atoms. The fraction of sp³-hybridized carbons (Fsp3) is 0.667. The summed E-state index contributed by atoms with van der Waals surface area (Å²) in [5, 5.41) is 9.40. The maximum Gasteiger partial charge on any atom is 0.330 e. The summed E-state index contributed by atoms with van der Waals surface area (Å²) in [4.78, 5) is 34.2. The van der Waals surface area contributed by atoms with Crippen LogP contribution in [-0.4, -0.2) is 36.2 Å². The van der Waals surface area contributed by atoms with E-state index in [1.54, 1.807) is 0 Å². The van der Waals surface area contributed by atoms with Crippen molar-refractivity contribution in [2.45, 2.75) is 60.3 Å². The fourth-order valence-corrected chi connectivity index (χ4v) is 3.46. The minimum absolute atomic E-state index is 0.00603. The Balaban J connectivity index is 4.53. The molecule has 0 aliphatic heterocycles. The Bertz CT molecular complexity index is 554. The van der Waals surface area contributed by atoms with Crippen LogP contribution in [-0.2, 0) is 23.9 Å². The lowest BCUT2D eigenvalue weighted by Crippen LogP contribution is -2.24. The first-order chi connectivity index (χ1) is 12.3. The van der Waals surface area contributed by atoms with Gasteiger partial charge in [0.15, 0.2) is 0 Å². The minimum atomic E-state index is -1.06. The maximum absolute atomic E-state index is 11.9. The highest BCUT2D eigenvalue weighted by Crippen LogP contribution is 2.38. The second-order valence-corrected chi connectivity index (χ2v) is 8.86. The van der Waals surface area contributed by atoms with Crippen LogP contribution < -0.4 is 0 Å². The smallest absolute Gasteiger partial charge is 0.330 e. The zero-order valence-corrected chi connectivity index (χ0v) is 17.3. The van der Waals surface area contributed by atoms with E-state index >= 15 is 0 Å². The topological polar surface area (TPSA) is 89.9 Å². The van der Waals surface area contributed by atoms with Crippen molar-refractivity contribution in [3.8, 4) is 0 Å². The van der Waals surface area contributed by atoms with E-state index < -0.39 is 23.8 Å². The molecule has 154 valence electrons. The van der Waals surface area contributed by atoms with Gasteiger partial charge in [0.2, 0.25) is 0 Å².